The first kappa shape index (κ1) is 13.0. The third-order valence-corrected chi connectivity index (χ3v) is 2.90. The lowest BCUT2D eigenvalue weighted by Gasteiger charge is -2.22. The summed E-state index contributed by atoms with van der Waals surface area (Å²) in [4.78, 5) is 2.35. The molecule has 0 aliphatic carbocycles. The van der Waals surface area contributed by atoms with Crippen molar-refractivity contribution in [3.05, 3.63) is 29.8 Å². The van der Waals surface area contributed by atoms with Crippen molar-refractivity contribution in [2.45, 2.75) is 39.7 Å². The number of benzene rings is 1. The maximum Gasteiger partial charge on any atom is 0.0787 e. The van der Waals surface area contributed by atoms with Crippen molar-refractivity contribution in [1.29, 1.82) is 0 Å². The van der Waals surface area contributed by atoms with Crippen molar-refractivity contribution < 1.29 is 5.11 Å². The van der Waals surface area contributed by atoms with E-state index < -0.39 is 0 Å². The number of aliphatic hydroxyl groups is 1. The standard InChI is InChI=1S/C14H23NO/c1-4-11-15(6-3)13-9-7-12(8-10-13)14(16)5-2/h7-10,14,16H,4-6,11H2,1-3H3/t14-/m1/s1. The summed E-state index contributed by atoms with van der Waals surface area (Å²) in [5.41, 5.74) is 2.26. The zero-order valence-corrected chi connectivity index (χ0v) is 10.6. The van der Waals surface area contributed by atoms with Gasteiger partial charge in [-0.2, -0.15) is 0 Å². The van der Waals surface area contributed by atoms with Gasteiger partial charge in [-0.1, -0.05) is 26.0 Å². The van der Waals surface area contributed by atoms with E-state index in [0.29, 0.717) is 0 Å². The molecule has 0 bridgehead atoms. The number of hydrogen-bond donors (Lipinski definition) is 1. The van der Waals surface area contributed by atoms with Crippen LogP contribution < -0.4 is 4.90 Å². The smallest absolute Gasteiger partial charge is 0.0787 e. The second kappa shape index (κ2) is 6.54. The highest BCUT2D eigenvalue weighted by molar-refractivity contribution is 5.47. The minimum Gasteiger partial charge on any atom is -0.388 e. The summed E-state index contributed by atoms with van der Waals surface area (Å²) in [6.45, 7) is 8.48. The minimum atomic E-state index is -0.324. The van der Waals surface area contributed by atoms with Crippen LogP contribution in [0.4, 0.5) is 5.69 Å². The van der Waals surface area contributed by atoms with Crippen LogP contribution in [0.3, 0.4) is 0 Å². The Morgan fingerprint density at radius 1 is 1.12 bits per heavy atom. The van der Waals surface area contributed by atoms with Gasteiger partial charge in [0.05, 0.1) is 6.10 Å². The molecular weight excluding hydrogens is 198 g/mol. The summed E-state index contributed by atoms with van der Waals surface area (Å²) in [5.74, 6) is 0. The predicted molar refractivity (Wildman–Crippen MR) is 69.9 cm³/mol. The summed E-state index contributed by atoms with van der Waals surface area (Å²) in [5, 5.41) is 9.71. The Bertz CT molecular complexity index is 294. The van der Waals surface area contributed by atoms with E-state index in [1.165, 1.54) is 5.69 Å². The van der Waals surface area contributed by atoms with Crippen molar-refractivity contribution in [3.63, 3.8) is 0 Å². The van der Waals surface area contributed by atoms with E-state index in [9.17, 15) is 5.11 Å². The van der Waals surface area contributed by atoms with Crippen molar-refractivity contribution in [3.8, 4) is 0 Å². The van der Waals surface area contributed by atoms with Gasteiger partial charge in [-0.05, 0) is 37.5 Å². The lowest BCUT2D eigenvalue weighted by atomic mass is 10.1. The molecular formula is C14H23NO. The molecule has 2 heteroatoms. The average molecular weight is 221 g/mol. The molecule has 0 aromatic heterocycles. The van der Waals surface area contributed by atoms with Crippen LogP contribution in [-0.4, -0.2) is 18.2 Å². The molecule has 1 atom stereocenters. The molecule has 0 radical (unpaired) electrons. The number of nitrogens with zero attached hydrogens (tertiary/aromatic N) is 1. The van der Waals surface area contributed by atoms with E-state index in [2.05, 4.69) is 30.9 Å². The first-order valence-electron chi connectivity index (χ1n) is 6.25. The Morgan fingerprint density at radius 3 is 2.19 bits per heavy atom. The van der Waals surface area contributed by atoms with Crippen LogP contribution in [0.15, 0.2) is 24.3 Å². The monoisotopic (exact) mass is 221 g/mol. The van der Waals surface area contributed by atoms with Crippen LogP contribution >= 0.6 is 0 Å². The molecule has 1 rings (SSSR count). The van der Waals surface area contributed by atoms with Crippen molar-refractivity contribution in [1.82, 2.24) is 0 Å². The molecule has 0 saturated carbocycles. The number of anilines is 1. The van der Waals surface area contributed by atoms with Gasteiger partial charge in [-0.3, -0.25) is 0 Å². The van der Waals surface area contributed by atoms with Crippen LogP contribution in [0.5, 0.6) is 0 Å². The number of aliphatic hydroxyl groups excluding tert-OH is 1. The Balaban J connectivity index is 2.76. The molecule has 0 aliphatic heterocycles. The Labute approximate surface area is 98.9 Å². The quantitative estimate of drug-likeness (QED) is 0.796. The zero-order chi connectivity index (χ0) is 12.0. The molecule has 0 aliphatic rings. The first-order valence-corrected chi connectivity index (χ1v) is 6.25. The van der Waals surface area contributed by atoms with Gasteiger partial charge in [-0.15, -0.1) is 0 Å². The third-order valence-electron chi connectivity index (χ3n) is 2.90. The fourth-order valence-electron chi connectivity index (χ4n) is 1.88. The second-order valence-corrected chi connectivity index (χ2v) is 4.10. The van der Waals surface area contributed by atoms with Crippen molar-refractivity contribution in [2.75, 3.05) is 18.0 Å². The van der Waals surface area contributed by atoms with Gasteiger partial charge in [0.2, 0.25) is 0 Å². The second-order valence-electron chi connectivity index (χ2n) is 4.10. The van der Waals surface area contributed by atoms with E-state index in [4.69, 9.17) is 0 Å². The van der Waals surface area contributed by atoms with Gasteiger partial charge in [0, 0.05) is 18.8 Å². The van der Waals surface area contributed by atoms with E-state index in [1.807, 2.05) is 19.1 Å². The molecule has 0 unspecified atom stereocenters. The molecule has 0 fully saturated rings. The van der Waals surface area contributed by atoms with Crippen LogP contribution in [0, 0.1) is 0 Å². The Hall–Kier alpha value is -1.02. The van der Waals surface area contributed by atoms with Crippen LogP contribution in [-0.2, 0) is 0 Å². The summed E-state index contributed by atoms with van der Waals surface area (Å²) in [6, 6.07) is 8.27. The van der Waals surface area contributed by atoms with Crippen LogP contribution in [0.1, 0.15) is 45.3 Å². The summed E-state index contributed by atoms with van der Waals surface area (Å²) in [6.07, 6.45) is 1.61. The Morgan fingerprint density at radius 2 is 1.75 bits per heavy atom. The first-order chi connectivity index (χ1) is 7.72. The van der Waals surface area contributed by atoms with Gasteiger partial charge in [0.1, 0.15) is 0 Å². The van der Waals surface area contributed by atoms with Gasteiger partial charge in [0.25, 0.3) is 0 Å². The highest BCUT2D eigenvalue weighted by Crippen LogP contribution is 2.21. The van der Waals surface area contributed by atoms with Gasteiger partial charge in [0.15, 0.2) is 0 Å². The molecule has 0 saturated heterocycles. The highest BCUT2D eigenvalue weighted by atomic mass is 16.3. The van der Waals surface area contributed by atoms with Gasteiger partial charge in [-0.25, -0.2) is 0 Å². The average Bonchev–Trinajstić information content (AvgIpc) is 2.35. The maximum atomic E-state index is 9.71. The molecule has 2 nitrogen and oxygen atoms in total. The lowest BCUT2D eigenvalue weighted by Crippen LogP contribution is -2.23. The van der Waals surface area contributed by atoms with Crippen LogP contribution in [0.2, 0.25) is 0 Å². The summed E-state index contributed by atoms with van der Waals surface area (Å²) < 4.78 is 0. The van der Waals surface area contributed by atoms with Crippen molar-refractivity contribution in [2.24, 2.45) is 0 Å². The molecule has 1 aromatic rings. The molecule has 0 spiro atoms. The lowest BCUT2D eigenvalue weighted by molar-refractivity contribution is 0.173. The third kappa shape index (κ3) is 3.24. The molecule has 0 amide bonds. The topological polar surface area (TPSA) is 23.5 Å². The maximum absolute atomic E-state index is 9.71. The normalized spacial score (nSPS) is 12.5. The van der Waals surface area contributed by atoms with E-state index >= 15 is 0 Å². The summed E-state index contributed by atoms with van der Waals surface area (Å²) >= 11 is 0. The molecule has 16 heavy (non-hydrogen) atoms. The number of rotatable bonds is 6. The fourth-order valence-corrected chi connectivity index (χ4v) is 1.88. The molecule has 1 aromatic carbocycles. The van der Waals surface area contributed by atoms with E-state index in [-0.39, 0.29) is 6.10 Å². The number of hydrogen-bond acceptors (Lipinski definition) is 2. The van der Waals surface area contributed by atoms with Gasteiger partial charge >= 0.3 is 0 Å². The van der Waals surface area contributed by atoms with Crippen molar-refractivity contribution >= 4 is 5.69 Å². The highest BCUT2D eigenvalue weighted by Gasteiger charge is 2.06. The largest absolute Gasteiger partial charge is 0.388 e. The summed E-state index contributed by atoms with van der Waals surface area (Å²) in [7, 11) is 0. The SMILES string of the molecule is CCCN(CC)c1ccc([C@H](O)CC)cc1. The fraction of sp³-hybridized carbons (Fsp3) is 0.571. The molecule has 90 valence electrons. The van der Waals surface area contributed by atoms with E-state index in [0.717, 1.165) is 31.5 Å². The predicted octanol–water partition coefficient (Wildman–Crippen LogP) is 3.37. The van der Waals surface area contributed by atoms with Crippen LogP contribution in [0.25, 0.3) is 0 Å². The molecule has 0 heterocycles. The zero-order valence-electron chi connectivity index (χ0n) is 10.6. The van der Waals surface area contributed by atoms with E-state index in [1.54, 1.807) is 0 Å². The Kier molecular flexibility index (Phi) is 5.33. The van der Waals surface area contributed by atoms with Gasteiger partial charge < -0.3 is 10.0 Å². The minimum absolute atomic E-state index is 0.324. The molecule has 1 N–H and O–H groups in total.